The lowest BCUT2D eigenvalue weighted by Gasteiger charge is -2.35. The van der Waals surface area contributed by atoms with Crippen molar-refractivity contribution in [3.8, 4) is 0 Å². The normalized spacial score (nSPS) is 26.8. The van der Waals surface area contributed by atoms with Crippen molar-refractivity contribution in [1.29, 1.82) is 0 Å². The summed E-state index contributed by atoms with van der Waals surface area (Å²) in [6.07, 6.45) is 5.14. The van der Waals surface area contributed by atoms with Gasteiger partial charge in [0, 0.05) is 12.1 Å². The number of hydrogen-bond acceptors (Lipinski definition) is 6. The van der Waals surface area contributed by atoms with Gasteiger partial charge in [-0.05, 0) is 51.8 Å². The third-order valence-electron chi connectivity index (χ3n) is 4.68. The van der Waals surface area contributed by atoms with Gasteiger partial charge < -0.3 is 4.90 Å². The van der Waals surface area contributed by atoms with E-state index in [4.69, 9.17) is 8.74 Å². The fraction of sp³-hybridized carbons (Fsp3) is 0.625. The maximum Gasteiger partial charge on any atom is 0.294 e. The van der Waals surface area contributed by atoms with Crippen molar-refractivity contribution >= 4 is 20.2 Å². The molecule has 1 N–H and O–H groups in total. The van der Waals surface area contributed by atoms with Crippen LogP contribution in [0.5, 0.6) is 0 Å². The van der Waals surface area contributed by atoms with E-state index in [2.05, 4.69) is 11.9 Å². The molecule has 25 heavy (non-hydrogen) atoms. The Morgan fingerprint density at radius 3 is 1.92 bits per heavy atom. The second-order valence-corrected chi connectivity index (χ2v) is 9.75. The Morgan fingerprint density at radius 1 is 1.04 bits per heavy atom. The van der Waals surface area contributed by atoms with Gasteiger partial charge in [-0.15, -0.1) is 0 Å². The average molecular weight is 392 g/mol. The summed E-state index contributed by atoms with van der Waals surface area (Å²) in [6.45, 7) is 1.84. The van der Waals surface area contributed by atoms with Crippen LogP contribution in [0.15, 0.2) is 29.2 Å². The lowest BCUT2D eigenvalue weighted by Crippen LogP contribution is -2.43. The topological polar surface area (TPSA) is 101 Å². The van der Waals surface area contributed by atoms with Crippen molar-refractivity contribution in [3.63, 3.8) is 0 Å². The van der Waals surface area contributed by atoms with Gasteiger partial charge in [-0.1, -0.05) is 17.7 Å². The molecule has 2 unspecified atom stereocenters. The molecule has 2 heterocycles. The van der Waals surface area contributed by atoms with Gasteiger partial charge in [-0.2, -0.15) is 16.8 Å². The first kappa shape index (κ1) is 20.3. The number of fused-ring (bicyclic) bond motifs is 2. The highest BCUT2D eigenvalue weighted by atomic mass is 32.2. The number of benzene rings is 1. The minimum absolute atomic E-state index is 0.0666. The molecule has 2 saturated heterocycles. The van der Waals surface area contributed by atoms with E-state index in [1.165, 1.54) is 25.0 Å². The largest absolute Gasteiger partial charge is 0.300 e. The molecule has 2 bridgehead atoms. The van der Waals surface area contributed by atoms with Gasteiger partial charge in [0.25, 0.3) is 20.2 Å². The van der Waals surface area contributed by atoms with Gasteiger partial charge in [-0.3, -0.25) is 8.74 Å². The molecule has 7 nitrogen and oxygen atoms in total. The maximum absolute atomic E-state index is 11.0. The molecule has 1 aromatic carbocycles. The average Bonchev–Trinajstić information content (AvgIpc) is 2.69. The Labute approximate surface area is 149 Å². The molecule has 0 amide bonds. The number of hydrogen-bond donors (Lipinski definition) is 1. The molecule has 0 aliphatic carbocycles. The Morgan fingerprint density at radius 2 is 1.52 bits per heavy atom. The van der Waals surface area contributed by atoms with Crippen LogP contribution in [0.1, 0.15) is 31.2 Å². The van der Waals surface area contributed by atoms with Gasteiger partial charge in [0.05, 0.1) is 17.3 Å². The first-order chi connectivity index (χ1) is 11.5. The Kier molecular flexibility index (Phi) is 6.26. The van der Waals surface area contributed by atoms with Crippen LogP contribution in [0.2, 0.25) is 0 Å². The third-order valence-corrected chi connectivity index (χ3v) is 6.17. The van der Waals surface area contributed by atoms with Crippen molar-refractivity contribution in [2.24, 2.45) is 0 Å². The number of nitrogens with zero attached hydrogens (tertiary/aromatic N) is 1. The predicted octanol–water partition coefficient (Wildman–Crippen LogP) is 1.83. The summed E-state index contributed by atoms with van der Waals surface area (Å²) in [7, 11) is -5.17. The summed E-state index contributed by atoms with van der Waals surface area (Å²) in [4.78, 5) is 2.30. The molecular formula is C16H25NO6S2. The number of piperidine rings is 1. The molecule has 142 valence electrons. The first-order valence-electron chi connectivity index (χ1n) is 8.10. The number of aryl methyl sites for hydroxylation is 1. The van der Waals surface area contributed by atoms with E-state index in [9.17, 15) is 16.8 Å². The summed E-state index contributed by atoms with van der Waals surface area (Å²) in [5.74, 6) is 0. The van der Waals surface area contributed by atoms with E-state index in [1.807, 2.05) is 6.92 Å². The highest BCUT2D eigenvalue weighted by Gasteiger charge is 2.39. The van der Waals surface area contributed by atoms with Crippen molar-refractivity contribution in [2.45, 2.75) is 55.7 Å². The highest BCUT2D eigenvalue weighted by molar-refractivity contribution is 7.86. The van der Waals surface area contributed by atoms with Gasteiger partial charge in [0.1, 0.15) is 0 Å². The minimum Gasteiger partial charge on any atom is -0.300 e. The molecule has 2 aliphatic heterocycles. The quantitative estimate of drug-likeness (QED) is 0.619. The Balaban J connectivity index is 0.000000186. The van der Waals surface area contributed by atoms with E-state index in [0.717, 1.165) is 24.7 Å². The molecule has 2 aliphatic rings. The summed E-state index contributed by atoms with van der Waals surface area (Å²) >= 11 is 0. The summed E-state index contributed by atoms with van der Waals surface area (Å²) in [5, 5.41) is 0. The SMILES string of the molecule is CN1C2CCC1CC(OS(C)(=O)=O)C2.Cc1ccc(S(=O)(=O)O)cc1. The zero-order chi connectivity index (χ0) is 18.8. The molecule has 0 spiro atoms. The van der Waals surface area contributed by atoms with Crippen LogP contribution in [0.3, 0.4) is 0 Å². The van der Waals surface area contributed by atoms with Crippen LogP contribution in [-0.4, -0.2) is 57.8 Å². The zero-order valence-corrected chi connectivity index (χ0v) is 16.3. The second-order valence-electron chi connectivity index (χ2n) is 6.73. The van der Waals surface area contributed by atoms with E-state index >= 15 is 0 Å². The van der Waals surface area contributed by atoms with Crippen molar-refractivity contribution in [1.82, 2.24) is 4.90 Å². The smallest absolute Gasteiger partial charge is 0.294 e. The van der Waals surface area contributed by atoms with Crippen molar-refractivity contribution in [2.75, 3.05) is 13.3 Å². The predicted molar refractivity (Wildman–Crippen MR) is 94.5 cm³/mol. The molecule has 1 aromatic rings. The molecule has 2 fully saturated rings. The standard InChI is InChI=1S/C9H17NO3S.C7H8O3S/c1-10-7-3-4-8(10)6-9(5-7)13-14(2,11)12;1-6-2-4-7(5-3-6)11(8,9)10/h7-9H,3-6H2,1-2H3;2-5H,1H3,(H,8,9,10). The lowest BCUT2D eigenvalue weighted by atomic mass is 10.0. The molecule has 9 heteroatoms. The fourth-order valence-electron chi connectivity index (χ4n) is 3.40. The Bertz CT molecular complexity index is 774. The lowest BCUT2D eigenvalue weighted by molar-refractivity contribution is 0.0710. The highest BCUT2D eigenvalue weighted by Crippen LogP contribution is 2.35. The van der Waals surface area contributed by atoms with E-state index < -0.39 is 20.2 Å². The molecule has 0 radical (unpaired) electrons. The van der Waals surface area contributed by atoms with Gasteiger partial charge in [-0.25, -0.2) is 0 Å². The molecule has 3 rings (SSSR count). The van der Waals surface area contributed by atoms with Crippen LogP contribution < -0.4 is 0 Å². The second kappa shape index (κ2) is 7.71. The van der Waals surface area contributed by atoms with Crippen LogP contribution >= 0.6 is 0 Å². The molecule has 0 saturated carbocycles. The molecule has 2 atom stereocenters. The van der Waals surface area contributed by atoms with Crippen molar-refractivity contribution < 1.29 is 25.6 Å². The molecule has 0 aromatic heterocycles. The van der Waals surface area contributed by atoms with Crippen LogP contribution in [0.4, 0.5) is 0 Å². The summed E-state index contributed by atoms with van der Waals surface area (Å²) in [6, 6.07) is 7.04. The van der Waals surface area contributed by atoms with Crippen molar-refractivity contribution in [3.05, 3.63) is 29.8 Å². The monoisotopic (exact) mass is 391 g/mol. The van der Waals surface area contributed by atoms with Crippen LogP contribution in [-0.2, 0) is 24.4 Å². The minimum atomic E-state index is -4.02. The summed E-state index contributed by atoms with van der Waals surface area (Å²) < 4.78 is 56.6. The van der Waals surface area contributed by atoms with Gasteiger partial charge >= 0.3 is 0 Å². The van der Waals surface area contributed by atoms with E-state index in [1.54, 1.807) is 12.1 Å². The zero-order valence-electron chi connectivity index (χ0n) is 14.6. The first-order valence-corrected chi connectivity index (χ1v) is 11.4. The molecular weight excluding hydrogens is 366 g/mol. The van der Waals surface area contributed by atoms with E-state index in [0.29, 0.717) is 12.1 Å². The van der Waals surface area contributed by atoms with E-state index in [-0.39, 0.29) is 11.0 Å². The maximum atomic E-state index is 11.0. The fourth-order valence-corrected chi connectivity index (χ4v) is 4.53. The summed E-state index contributed by atoms with van der Waals surface area (Å²) in [5.41, 5.74) is 0.956. The van der Waals surface area contributed by atoms with Crippen LogP contribution in [0, 0.1) is 6.92 Å². The van der Waals surface area contributed by atoms with Gasteiger partial charge in [0.2, 0.25) is 0 Å². The van der Waals surface area contributed by atoms with Crippen LogP contribution in [0.25, 0.3) is 0 Å². The van der Waals surface area contributed by atoms with Gasteiger partial charge in [0.15, 0.2) is 0 Å². The Hall–Kier alpha value is -1.00. The third kappa shape index (κ3) is 6.03. The number of rotatable bonds is 3.